The molecule has 11 heteroatoms. The number of rotatable bonds is 7. The second-order valence-electron chi connectivity index (χ2n) is 11.0. The van der Waals surface area contributed by atoms with E-state index in [2.05, 4.69) is 32.0 Å². The van der Waals surface area contributed by atoms with Gasteiger partial charge in [0.05, 0.1) is 24.1 Å². The molecule has 1 saturated carbocycles. The number of carbonyl (C=O) groups excluding carboxylic acids is 1. The first-order valence-corrected chi connectivity index (χ1v) is 14.1. The van der Waals surface area contributed by atoms with Crippen LogP contribution in [0.1, 0.15) is 48.8 Å². The summed E-state index contributed by atoms with van der Waals surface area (Å²) in [5, 5.41) is 3.93. The van der Waals surface area contributed by atoms with Crippen molar-refractivity contribution in [2.24, 2.45) is 18.7 Å². The summed E-state index contributed by atoms with van der Waals surface area (Å²) in [4.78, 5) is 52.9. The van der Waals surface area contributed by atoms with Crippen molar-refractivity contribution in [3.63, 3.8) is 0 Å². The molecule has 1 atom stereocenters. The lowest BCUT2D eigenvalue weighted by Crippen LogP contribution is -2.44. The van der Waals surface area contributed by atoms with Crippen LogP contribution in [0.2, 0.25) is 0 Å². The molecule has 1 amide bonds. The average molecular weight is 555 g/mol. The number of nitrogens with two attached hydrogens (primary N) is 1. The van der Waals surface area contributed by atoms with Crippen LogP contribution >= 0.6 is 0 Å². The Bertz CT molecular complexity index is 1840. The van der Waals surface area contributed by atoms with Crippen LogP contribution in [0.3, 0.4) is 0 Å². The van der Waals surface area contributed by atoms with Gasteiger partial charge in [-0.3, -0.25) is 18.7 Å². The molecule has 41 heavy (non-hydrogen) atoms. The van der Waals surface area contributed by atoms with E-state index < -0.39 is 11.2 Å². The quantitative estimate of drug-likeness (QED) is 0.332. The van der Waals surface area contributed by atoms with Crippen LogP contribution in [0.4, 0.5) is 5.82 Å². The van der Waals surface area contributed by atoms with Gasteiger partial charge in [-0.1, -0.05) is 24.1 Å². The molecule has 11 nitrogen and oxygen atoms in total. The molecule has 0 bridgehead atoms. The molecule has 6 rings (SSSR count). The molecule has 0 spiro atoms. The molecule has 1 aliphatic heterocycles. The molecule has 1 aromatic carbocycles. The van der Waals surface area contributed by atoms with Crippen molar-refractivity contribution in [3.8, 4) is 11.8 Å². The number of fused-ring (bicyclic) bond motifs is 2. The number of aryl methyl sites for hydroxylation is 1. The monoisotopic (exact) mass is 554 g/mol. The van der Waals surface area contributed by atoms with Gasteiger partial charge >= 0.3 is 5.69 Å². The largest absolute Gasteiger partial charge is 0.356 e. The Morgan fingerprint density at radius 1 is 1.15 bits per heavy atom. The van der Waals surface area contributed by atoms with Crippen molar-refractivity contribution in [1.82, 2.24) is 29.0 Å². The Morgan fingerprint density at radius 2 is 1.95 bits per heavy atom. The van der Waals surface area contributed by atoms with Crippen molar-refractivity contribution in [1.29, 1.82) is 0 Å². The van der Waals surface area contributed by atoms with Crippen LogP contribution in [0.5, 0.6) is 0 Å². The first-order valence-electron chi connectivity index (χ1n) is 14.1. The van der Waals surface area contributed by atoms with E-state index in [9.17, 15) is 14.4 Å². The zero-order valence-electron chi connectivity index (χ0n) is 23.4. The first kappa shape index (κ1) is 26.8. The summed E-state index contributed by atoms with van der Waals surface area (Å²) in [7, 11) is 1.60. The first-order chi connectivity index (χ1) is 19.9. The predicted molar refractivity (Wildman–Crippen MR) is 158 cm³/mol. The minimum Gasteiger partial charge on any atom is -0.356 e. The van der Waals surface area contributed by atoms with Gasteiger partial charge in [0.25, 0.3) is 11.5 Å². The summed E-state index contributed by atoms with van der Waals surface area (Å²) in [6.45, 7) is 3.58. The Labute approximate surface area is 237 Å². The third-order valence-corrected chi connectivity index (χ3v) is 8.00. The number of nitrogens with one attached hydrogen (secondary N) is 1. The Hall–Kier alpha value is -4.43. The summed E-state index contributed by atoms with van der Waals surface area (Å²) in [5.74, 6) is 7.08. The average Bonchev–Trinajstić information content (AvgIpc) is 3.75. The standard InChI is InChI=1S/C30H34N8O3/c1-3-4-14-37-26-25(24(27(39)33-15-19-11-12-19)28(37)36-13-7-9-21(31)17-36)35(2)30(41)38(29(26)40)18-23-32-16-20-8-5-6-10-22(20)34-23/h5-6,8,10,16,19,21H,7,9,11-15,17-18,31H2,1-2H3,(H,33,39)/t21-/m1/s1. The second kappa shape index (κ2) is 10.9. The molecule has 0 unspecified atom stereocenters. The smallest absolute Gasteiger partial charge is 0.331 e. The molecule has 1 saturated heterocycles. The van der Waals surface area contributed by atoms with Crippen molar-refractivity contribution in [3.05, 3.63) is 62.7 Å². The number of para-hydroxylation sites is 1. The lowest BCUT2D eigenvalue weighted by atomic mass is 10.1. The van der Waals surface area contributed by atoms with Crippen LogP contribution in [-0.4, -0.2) is 55.3 Å². The number of piperidine rings is 1. The van der Waals surface area contributed by atoms with E-state index in [0.717, 1.165) is 41.2 Å². The van der Waals surface area contributed by atoms with Crippen molar-refractivity contribution < 1.29 is 4.79 Å². The highest BCUT2D eigenvalue weighted by molar-refractivity contribution is 6.11. The van der Waals surface area contributed by atoms with Gasteiger partial charge in [0.1, 0.15) is 22.7 Å². The zero-order valence-corrected chi connectivity index (χ0v) is 23.4. The maximum atomic E-state index is 14.2. The normalized spacial score (nSPS) is 17.0. The summed E-state index contributed by atoms with van der Waals surface area (Å²) in [6, 6.07) is 7.48. The van der Waals surface area contributed by atoms with Crippen LogP contribution in [-0.2, 0) is 20.1 Å². The number of aromatic nitrogens is 5. The molecule has 3 N–H and O–H groups in total. The number of hydrogen-bond donors (Lipinski definition) is 2. The van der Waals surface area contributed by atoms with E-state index >= 15 is 0 Å². The summed E-state index contributed by atoms with van der Waals surface area (Å²) < 4.78 is 4.32. The number of anilines is 1. The van der Waals surface area contributed by atoms with Gasteiger partial charge in [-0.25, -0.2) is 14.8 Å². The van der Waals surface area contributed by atoms with Crippen LogP contribution in [0.25, 0.3) is 21.9 Å². The number of nitrogens with zero attached hydrogens (tertiary/aromatic N) is 6. The summed E-state index contributed by atoms with van der Waals surface area (Å²) in [6.07, 6.45) is 5.59. The van der Waals surface area contributed by atoms with Gasteiger partial charge in [-0.2, -0.15) is 0 Å². The molecule has 3 aromatic heterocycles. The van der Waals surface area contributed by atoms with E-state index in [-0.39, 0.29) is 30.6 Å². The Balaban J connectivity index is 1.57. The van der Waals surface area contributed by atoms with Gasteiger partial charge in [-0.05, 0) is 44.6 Å². The van der Waals surface area contributed by atoms with Crippen molar-refractivity contribution in [2.45, 2.75) is 51.7 Å². The summed E-state index contributed by atoms with van der Waals surface area (Å²) >= 11 is 0. The minimum atomic E-state index is -0.545. The fraction of sp³-hybridized carbons (Fsp3) is 0.433. The zero-order chi connectivity index (χ0) is 28.7. The van der Waals surface area contributed by atoms with Crippen molar-refractivity contribution >= 4 is 33.7 Å². The van der Waals surface area contributed by atoms with Crippen LogP contribution in [0, 0.1) is 17.8 Å². The number of amides is 1. The van der Waals surface area contributed by atoms with Gasteiger partial charge in [0.15, 0.2) is 0 Å². The van der Waals surface area contributed by atoms with Gasteiger partial charge in [0.2, 0.25) is 0 Å². The molecule has 1 aliphatic carbocycles. The maximum Gasteiger partial charge on any atom is 0.331 e. The Morgan fingerprint density at radius 3 is 2.71 bits per heavy atom. The summed E-state index contributed by atoms with van der Waals surface area (Å²) in [5.41, 5.74) is 6.90. The van der Waals surface area contributed by atoms with E-state index in [4.69, 9.17) is 5.73 Å². The van der Waals surface area contributed by atoms with Gasteiger partial charge in [0, 0.05) is 44.3 Å². The lowest BCUT2D eigenvalue weighted by Gasteiger charge is -2.33. The molecular formula is C30H34N8O3. The molecule has 2 fully saturated rings. The molecular weight excluding hydrogens is 520 g/mol. The third-order valence-electron chi connectivity index (χ3n) is 8.00. The van der Waals surface area contributed by atoms with Crippen LogP contribution < -0.4 is 27.2 Å². The van der Waals surface area contributed by atoms with Crippen LogP contribution in [0.15, 0.2) is 40.1 Å². The molecule has 0 radical (unpaired) electrons. The minimum absolute atomic E-state index is 0.0691. The Kier molecular flexibility index (Phi) is 7.09. The highest BCUT2D eigenvalue weighted by atomic mass is 16.2. The van der Waals surface area contributed by atoms with E-state index in [1.54, 1.807) is 24.7 Å². The molecule has 2 aliphatic rings. The van der Waals surface area contributed by atoms with E-state index in [1.165, 1.54) is 4.57 Å². The van der Waals surface area contributed by atoms with E-state index in [1.807, 2.05) is 24.3 Å². The second-order valence-corrected chi connectivity index (χ2v) is 11.0. The SMILES string of the molecule is CC#CCn1c(N2CCC[C@@H](N)C2)c(C(=O)NCC2CC2)c2c1c(=O)n(Cc1ncc3ccccc3n1)c(=O)n2C. The predicted octanol–water partition coefficient (Wildman–Crippen LogP) is 1.58. The molecule has 4 heterocycles. The lowest BCUT2D eigenvalue weighted by molar-refractivity contribution is 0.0953. The molecule has 4 aromatic rings. The highest BCUT2D eigenvalue weighted by Crippen LogP contribution is 2.33. The number of hydrogen-bond acceptors (Lipinski definition) is 7. The van der Waals surface area contributed by atoms with Gasteiger partial charge < -0.3 is 20.5 Å². The molecule has 212 valence electrons. The third kappa shape index (κ3) is 5.00. The topological polar surface area (TPSA) is 133 Å². The number of benzene rings is 1. The van der Waals surface area contributed by atoms with Gasteiger partial charge in [-0.15, -0.1) is 5.92 Å². The fourth-order valence-electron chi connectivity index (χ4n) is 5.69. The van der Waals surface area contributed by atoms with E-state index in [0.29, 0.717) is 48.3 Å². The maximum absolute atomic E-state index is 14.2. The highest BCUT2D eigenvalue weighted by Gasteiger charge is 2.33. The van der Waals surface area contributed by atoms with Crippen molar-refractivity contribution in [2.75, 3.05) is 24.5 Å². The fourth-order valence-corrected chi connectivity index (χ4v) is 5.69. The number of carbonyl (C=O) groups is 1.